The molecule has 0 bridgehead atoms. The second-order valence-electron chi connectivity index (χ2n) is 8.02. The van der Waals surface area contributed by atoms with Crippen molar-refractivity contribution < 1.29 is 18.8 Å². The van der Waals surface area contributed by atoms with Gasteiger partial charge in [-0.2, -0.15) is 0 Å². The summed E-state index contributed by atoms with van der Waals surface area (Å²) in [5, 5.41) is 0. The molecule has 1 aliphatic heterocycles. The number of likely N-dealkylation sites (tertiary alicyclic amines) is 1. The van der Waals surface area contributed by atoms with Crippen LogP contribution in [-0.4, -0.2) is 48.7 Å². The number of hydrogen-bond acceptors (Lipinski definition) is 4. The largest absolute Gasteiger partial charge is 0.370 e. The number of ketones is 1. The van der Waals surface area contributed by atoms with Crippen LogP contribution in [-0.2, 0) is 9.59 Å². The van der Waals surface area contributed by atoms with E-state index in [9.17, 15) is 18.8 Å². The topological polar surface area (TPSA) is 83.7 Å². The SMILES string of the molecule is Cc1ccc(C(=O)C2CCN(CC(=O)N(CCC(N)=O)c3ccc(F)cc3)CC2)cc1. The Labute approximate surface area is 181 Å². The summed E-state index contributed by atoms with van der Waals surface area (Å²) in [7, 11) is 0. The van der Waals surface area contributed by atoms with E-state index in [2.05, 4.69) is 0 Å². The molecule has 164 valence electrons. The number of hydrogen-bond donors (Lipinski definition) is 1. The van der Waals surface area contributed by atoms with Crippen LogP contribution in [0.15, 0.2) is 48.5 Å². The van der Waals surface area contributed by atoms with Crippen molar-refractivity contribution in [3.63, 3.8) is 0 Å². The Morgan fingerprint density at radius 2 is 1.65 bits per heavy atom. The van der Waals surface area contributed by atoms with Crippen LogP contribution in [0.4, 0.5) is 10.1 Å². The van der Waals surface area contributed by atoms with Gasteiger partial charge in [0.1, 0.15) is 5.82 Å². The molecular weight excluding hydrogens is 397 g/mol. The summed E-state index contributed by atoms with van der Waals surface area (Å²) in [6.45, 7) is 3.58. The number of nitrogens with two attached hydrogens (primary N) is 1. The molecule has 0 aromatic heterocycles. The van der Waals surface area contributed by atoms with E-state index in [1.54, 1.807) is 0 Å². The standard InChI is InChI=1S/C24H28FN3O3/c1-17-2-4-18(5-3-17)24(31)19-10-13-27(14-11-19)16-23(30)28(15-12-22(26)29)21-8-6-20(25)7-9-21/h2-9,19H,10-16H2,1H3,(H2,26,29). The molecule has 2 aromatic rings. The highest BCUT2D eigenvalue weighted by Crippen LogP contribution is 2.23. The van der Waals surface area contributed by atoms with Gasteiger partial charge in [0.25, 0.3) is 0 Å². The number of carbonyl (C=O) groups is 3. The number of aryl methyl sites for hydroxylation is 1. The third kappa shape index (κ3) is 6.21. The van der Waals surface area contributed by atoms with Crippen LogP contribution in [0.5, 0.6) is 0 Å². The van der Waals surface area contributed by atoms with Crippen LogP contribution in [0.3, 0.4) is 0 Å². The van der Waals surface area contributed by atoms with Gasteiger partial charge in [-0.25, -0.2) is 4.39 Å². The van der Waals surface area contributed by atoms with Crippen molar-refractivity contribution in [1.82, 2.24) is 4.90 Å². The minimum Gasteiger partial charge on any atom is -0.370 e. The lowest BCUT2D eigenvalue weighted by Crippen LogP contribution is -2.45. The Kier molecular flexibility index (Phi) is 7.52. The molecule has 0 saturated carbocycles. The van der Waals surface area contributed by atoms with Gasteiger partial charge in [0.05, 0.1) is 6.54 Å². The molecule has 0 atom stereocenters. The molecule has 2 amide bonds. The van der Waals surface area contributed by atoms with E-state index in [0.717, 1.165) is 11.1 Å². The molecule has 0 aliphatic carbocycles. The molecule has 7 heteroatoms. The van der Waals surface area contributed by atoms with Crippen LogP contribution in [0, 0.1) is 18.7 Å². The lowest BCUT2D eigenvalue weighted by atomic mass is 9.88. The van der Waals surface area contributed by atoms with E-state index >= 15 is 0 Å². The van der Waals surface area contributed by atoms with Crippen molar-refractivity contribution >= 4 is 23.3 Å². The first-order valence-corrected chi connectivity index (χ1v) is 10.5. The second-order valence-corrected chi connectivity index (χ2v) is 8.02. The molecule has 0 radical (unpaired) electrons. The van der Waals surface area contributed by atoms with E-state index in [0.29, 0.717) is 31.6 Å². The Hall–Kier alpha value is -3.06. The quantitative estimate of drug-likeness (QED) is 0.659. The molecule has 1 heterocycles. The van der Waals surface area contributed by atoms with Crippen LogP contribution < -0.4 is 10.6 Å². The molecule has 2 aromatic carbocycles. The zero-order chi connectivity index (χ0) is 22.4. The van der Waals surface area contributed by atoms with Gasteiger partial charge in [0.2, 0.25) is 11.8 Å². The molecule has 2 N–H and O–H groups in total. The molecule has 1 saturated heterocycles. The van der Waals surface area contributed by atoms with Crippen molar-refractivity contribution in [2.75, 3.05) is 31.1 Å². The maximum absolute atomic E-state index is 13.3. The third-order valence-corrected chi connectivity index (χ3v) is 5.67. The molecular formula is C24H28FN3O3. The minimum atomic E-state index is -0.504. The highest BCUT2D eigenvalue weighted by Gasteiger charge is 2.28. The summed E-state index contributed by atoms with van der Waals surface area (Å²) in [6, 6.07) is 13.2. The minimum absolute atomic E-state index is 0.0240. The van der Waals surface area contributed by atoms with Gasteiger partial charge in [0.15, 0.2) is 5.78 Å². The average Bonchev–Trinajstić information content (AvgIpc) is 2.75. The number of Topliss-reactive ketones (excluding diaryl/α,β-unsaturated/α-hetero) is 1. The fraction of sp³-hybridized carbons (Fsp3) is 0.375. The maximum atomic E-state index is 13.3. The fourth-order valence-electron chi connectivity index (χ4n) is 3.82. The van der Waals surface area contributed by atoms with Gasteiger partial charge < -0.3 is 10.6 Å². The van der Waals surface area contributed by atoms with Crippen molar-refractivity contribution in [2.45, 2.75) is 26.2 Å². The Morgan fingerprint density at radius 3 is 2.23 bits per heavy atom. The summed E-state index contributed by atoms with van der Waals surface area (Å²) in [5.74, 6) is -0.977. The van der Waals surface area contributed by atoms with Gasteiger partial charge in [-0.1, -0.05) is 29.8 Å². The number of carbonyl (C=O) groups excluding carboxylic acids is 3. The maximum Gasteiger partial charge on any atom is 0.241 e. The molecule has 0 spiro atoms. The van der Waals surface area contributed by atoms with Crippen LogP contribution >= 0.6 is 0 Å². The van der Waals surface area contributed by atoms with Gasteiger partial charge in [0, 0.05) is 30.1 Å². The van der Waals surface area contributed by atoms with Crippen molar-refractivity contribution in [3.05, 3.63) is 65.5 Å². The van der Waals surface area contributed by atoms with Gasteiger partial charge >= 0.3 is 0 Å². The van der Waals surface area contributed by atoms with Gasteiger partial charge in [-0.15, -0.1) is 0 Å². The smallest absolute Gasteiger partial charge is 0.241 e. The molecule has 1 aliphatic rings. The Bertz CT molecular complexity index is 920. The van der Waals surface area contributed by atoms with E-state index in [1.807, 2.05) is 36.1 Å². The van der Waals surface area contributed by atoms with Crippen LogP contribution in [0.25, 0.3) is 0 Å². The Morgan fingerprint density at radius 1 is 1.03 bits per heavy atom. The number of rotatable bonds is 8. The highest BCUT2D eigenvalue weighted by molar-refractivity contribution is 5.98. The summed E-state index contributed by atoms with van der Waals surface area (Å²) in [5.41, 5.74) is 7.62. The molecule has 1 fully saturated rings. The van der Waals surface area contributed by atoms with Crippen molar-refractivity contribution in [2.24, 2.45) is 11.7 Å². The lowest BCUT2D eigenvalue weighted by molar-refractivity contribution is -0.120. The average molecular weight is 426 g/mol. The summed E-state index contributed by atoms with van der Waals surface area (Å²) in [4.78, 5) is 40.4. The number of halogens is 1. The zero-order valence-electron chi connectivity index (χ0n) is 17.7. The van der Waals surface area contributed by atoms with Crippen molar-refractivity contribution in [1.29, 1.82) is 0 Å². The van der Waals surface area contributed by atoms with Crippen molar-refractivity contribution in [3.8, 4) is 0 Å². The number of benzene rings is 2. The van der Waals surface area contributed by atoms with Gasteiger partial charge in [-0.05, 0) is 57.1 Å². The van der Waals surface area contributed by atoms with Crippen LogP contribution in [0.1, 0.15) is 35.2 Å². The monoisotopic (exact) mass is 425 g/mol. The first-order chi connectivity index (χ1) is 14.8. The summed E-state index contributed by atoms with van der Waals surface area (Å²) < 4.78 is 13.3. The number of primary amides is 1. The normalized spacial score (nSPS) is 14.9. The zero-order valence-corrected chi connectivity index (χ0v) is 17.7. The molecule has 6 nitrogen and oxygen atoms in total. The summed E-state index contributed by atoms with van der Waals surface area (Å²) >= 11 is 0. The number of nitrogens with zero attached hydrogens (tertiary/aromatic N) is 2. The first kappa shape index (κ1) is 22.6. The lowest BCUT2D eigenvalue weighted by Gasteiger charge is -2.32. The van der Waals surface area contributed by atoms with Gasteiger partial charge in [-0.3, -0.25) is 19.3 Å². The number of piperidine rings is 1. The van der Waals surface area contributed by atoms with E-state index in [-0.39, 0.29) is 37.1 Å². The van der Waals surface area contributed by atoms with E-state index < -0.39 is 11.7 Å². The Balaban J connectivity index is 1.58. The third-order valence-electron chi connectivity index (χ3n) is 5.67. The molecule has 3 rings (SSSR count). The highest BCUT2D eigenvalue weighted by atomic mass is 19.1. The molecule has 0 unspecified atom stereocenters. The van der Waals surface area contributed by atoms with E-state index in [4.69, 9.17) is 5.73 Å². The van der Waals surface area contributed by atoms with Crippen LogP contribution in [0.2, 0.25) is 0 Å². The fourth-order valence-corrected chi connectivity index (χ4v) is 3.82. The van der Waals surface area contributed by atoms with E-state index in [1.165, 1.54) is 29.2 Å². The number of amides is 2. The second kappa shape index (κ2) is 10.3. The summed E-state index contributed by atoms with van der Waals surface area (Å²) in [6.07, 6.45) is 1.41. The first-order valence-electron chi connectivity index (χ1n) is 10.5. The predicted octanol–water partition coefficient (Wildman–Crippen LogP) is 2.94. The molecule has 31 heavy (non-hydrogen) atoms. The predicted molar refractivity (Wildman–Crippen MR) is 117 cm³/mol. The number of anilines is 1.